The second kappa shape index (κ2) is 8.99. The predicted octanol–water partition coefficient (Wildman–Crippen LogP) is 4.17. The van der Waals surface area contributed by atoms with Gasteiger partial charge in [-0.05, 0) is 30.5 Å². The Morgan fingerprint density at radius 3 is 2.25 bits per heavy atom. The van der Waals surface area contributed by atoms with E-state index < -0.39 is 11.7 Å². The summed E-state index contributed by atoms with van der Waals surface area (Å²) in [4.78, 5) is 15.7. The first kappa shape index (κ1) is 20.0. The van der Waals surface area contributed by atoms with Crippen LogP contribution in [0.25, 0.3) is 0 Å². The molecule has 0 unspecified atom stereocenters. The van der Waals surface area contributed by atoms with Crippen LogP contribution in [0.1, 0.15) is 17.5 Å². The molecule has 0 aliphatic carbocycles. The van der Waals surface area contributed by atoms with E-state index >= 15 is 0 Å². The molecule has 1 aliphatic heterocycles. The summed E-state index contributed by atoms with van der Waals surface area (Å²) < 4.78 is 39.6. The lowest BCUT2D eigenvalue weighted by Gasteiger charge is -2.37. The van der Waals surface area contributed by atoms with Crippen LogP contribution in [0, 0.1) is 0 Å². The summed E-state index contributed by atoms with van der Waals surface area (Å²) >= 11 is 0. The summed E-state index contributed by atoms with van der Waals surface area (Å²) in [6.07, 6.45) is -2.65. The Hall–Kier alpha value is -2.70. The summed E-state index contributed by atoms with van der Waals surface area (Å²) in [6.45, 7) is 2.13. The molecule has 28 heavy (non-hydrogen) atoms. The largest absolute Gasteiger partial charge is 0.418 e. The van der Waals surface area contributed by atoms with Crippen LogP contribution in [0.15, 0.2) is 54.6 Å². The number of carbonyl (C=O) groups is 1. The van der Waals surface area contributed by atoms with Gasteiger partial charge in [0.05, 0.1) is 5.56 Å². The highest BCUT2D eigenvalue weighted by atomic mass is 19.4. The summed E-state index contributed by atoms with van der Waals surface area (Å²) in [5.41, 5.74) is 0.778. The molecule has 0 radical (unpaired) electrons. The van der Waals surface area contributed by atoms with E-state index in [-0.39, 0.29) is 11.7 Å². The maximum absolute atomic E-state index is 13.2. The molecule has 0 saturated carbocycles. The quantitative estimate of drug-likeness (QED) is 0.777. The lowest BCUT2D eigenvalue weighted by molar-refractivity contribution is -0.137. The maximum atomic E-state index is 13.2. The van der Waals surface area contributed by atoms with E-state index in [4.69, 9.17) is 0 Å². The number of halogens is 3. The van der Waals surface area contributed by atoms with Crippen molar-refractivity contribution in [3.05, 3.63) is 65.7 Å². The molecule has 1 N–H and O–H groups in total. The van der Waals surface area contributed by atoms with Crippen molar-refractivity contribution in [2.45, 2.75) is 19.0 Å². The van der Waals surface area contributed by atoms with Crippen molar-refractivity contribution >= 4 is 11.7 Å². The Kier molecular flexibility index (Phi) is 6.44. The van der Waals surface area contributed by atoms with E-state index in [1.165, 1.54) is 17.7 Å². The third kappa shape index (κ3) is 5.18. The van der Waals surface area contributed by atoms with Crippen molar-refractivity contribution in [2.75, 3.05) is 37.6 Å². The number of alkyl halides is 3. The van der Waals surface area contributed by atoms with Gasteiger partial charge in [0.25, 0.3) is 0 Å². The Morgan fingerprint density at radius 2 is 1.57 bits per heavy atom. The Bertz CT molecular complexity index is 772. The second-order valence-electron chi connectivity index (χ2n) is 6.81. The topological polar surface area (TPSA) is 35.6 Å². The zero-order valence-electron chi connectivity index (χ0n) is 15.6. The molecule has 1 saturated heterocycles. The van der Waals surface area contributed by atoms with Crippen molar-refractivity contribution < 1.29 is 18.0 Å². The number of para-hydroxylation sites is 1. The molecule has 0 aromatic heterocycles. The van der Waals surface area contributed by atoms with Crippen LogP contribution in [0.5, 0.6) is 0 Å². The fraction of sp³-hybridized carbons (Fsp3) is 0.381. The van der Waals surface area contributed by atoms with Gasteiger partial charge in [0.1, 0.15) is 0 Å². The summed E-state index contributed by atoms with van der Waals surface area (Å²) in [7, 11) is 0. The number of anilines is 1. The second-order valence-corrected chi connectivity index (χ2v) is 6.81. The van der Waals surface area contributed by atoms with Crippen LogP contribution in [0.3, 0.4) is 0 Å². The first-order valence-electron chi connectivity index (χ1n) is 9.43. The van der Waals surface area contributed by atoms with Gasteiger partial charge in [0.15, 0.2) is 0 Å². The van der Waals surface area contributed by atoms with Gasteiger partial charge in [-0.25, -0.2) is 4.79 Å². The molecule has 150 valence electrons. The first-order chi connectivity index (χ1) is 13.4. The van der Waals surface area contributed by atoms with Crippen molar-refractivity contribution in [1.82, 2.24) is 10.2 Å². The standard InChI is InChI=1S/C21H24F3N3O/c22-21(23,24)18-10-4-5-11-19(18)26-13-15-27(16-14-26)20(28)25-12-6-9-17-7-2-1-3-8-17/h1-5,7-8,10-11H,6,9,12-16H2,(H,25,28). The van der Waals surface area contributed by atoms with Crippen LogP contribution in [-0.2, 0) is 12.6 Å². The Labute approximate surface area is 162 Å². The Morgan fingerprint density at radius 1 is 0.929 bits per heavy atom. The number of aryl methyl sites for hydroxylation is 1. The van der Waals surface area contributed by atoms with Crippen LogP contribution in [0.2, 0.25) is 0 Å². The van der Waals surface area contributed by atoms with Gasteiger partial charge in [0.2, 0.25) is 0 Å². The van der Waals surface area contributed by atoms with Crippen molar-refractivity contribution in [1.29, 1.82) is 0 Å². The average molecular weight is 391 g/mol. The van der Waals surface area contributed by atoms with Crippen molar-refractivity contribution in [2.24, 2.45) is 0 Å². The number of hydrogen-bond donors (Lipinski definition) is 1. The molecule has 4 nitrogen and oxygen atoms in total. The zero-order valence-corrected chi connectivity index (χ0v) is 15.6. The fourth-order valence-corrected chi connectivity index (χ4v) is 3.38. The van der Waals surface area contributed by atoms with Crippen LogP contribution in [-0.4, -0.2) is 43.7 Å². The van der Waals surface area contributed by atoms with E-state index in [1.54, 1.807) is 15.9 Å². The number of benzene rings is 2. The summed E-state index contributed by atoms with van der Waals surface area (Å²) in [5.74, 6) is 0. The number of amides is 2. The molecule has 2 amide bonds. The van der Waals surface area contributed by atoms with Crippen molar-refractivity contribution in [3.8, 4) is 0 Å². The van der Waals surface area contributed by atoms with Crippen LogP contribution >= 0.6 is 0 Å². The number of hydrogen-bond acceptors (Lipinski definition) is 2. The molecular formula is C21H24F3N3O. The van der Waals surface area contributed by atoms with Gasteiger partial charge < -0.3 is 15.1 Å². The van der Waals surface area contributed by atoms with E-state index in [0.717, 1.165) is 18.9 Å². The molecular weight excluding hydrogens is 367 g/mol. The number of nitrogens with one attached hydrogen (secondary N) is 1. The van der Waals surface area contributed by atoms with Crippen LogP contribution < -0.4 is 10.2 Å². The minimum absolute atomic E-state index is 0.156. The highest BCUT2D eigenvalue weighted by molar-refractivity contribution is 5.74. The van der Waals surface area contributed by atoms with Gasteiger partial charge in [-0.3, -0.25) is 0 Å². The van der Waals surface area contributed by atoms with Crippen LogP contribution in [0.4, 0.5) is 23.7 Å². The number of piperazine rings is 1. The van der Waals surface area contributed by atoms with E-state index in [2.05, 4.69) is 17.4 Å². The smallest absolute Gasteiger partial charge is 0.367 e. The SMILES string of the molecule is O=C(NCCCc1ccccc1)N1CCN(c2ccccc2C(F)(F)F)CC1. The number of rotatable bonds is 5. The molecule has 0 spiro atoms. The third-order valence-electron chi connectivity index (χ3n) is 4.88. The third-order valence-corrected chi connectivity index (χ3v) is 4.88. The predicted molar refractivity (Wildman–Crippen MR) is 103 cm³/mol. The molecule has 2 aromatic rings. The number of urea groups is 1. The molecule has 1 fully saturated rings. The highest BCUT2D eigenvalue weighted by Gasteiger charge is 2.35. The van der Waals surface area contributed by atoms with Gasteiger partial charge in [-0.1, -0.05) is 42.5 Å². The molecule has 1 heterocycles. The van der Waals surface area contributed by atoms with Gasteiger partial charge >= 0.3 is 12.2 Å². The molecule has 0 atom stereocenters. The molecule has 7 heteroatoms. The van der Waals surface area contributed by atoms with Gasteiger partial charge in [-0.15, -0.1) is 0 Å². The number of carbonyl (C=O) groups excluding carboxylic acids is 1. The summed E-state index contributed by atoms with van der Waals surface area (Å²) in [5, 5.41) is 2.90. The summed E-state index contributed by atoms with van der Waals surface area (Å²) in [6, 6.07) is 15.5. The minimum Gasteiger partial charge on any atom is -0.367 e. The van der Waals surface area contributed by atoms with E-state index in [9.17, 15) is 18.0 Å². The lowest BCUT2D eigenvalue weighted by Crippen LogP contribution is -2.52. The van der Waals surface area contributed by atoms with Crippen molar-refractivity contribution in [3.63, 3.8) is 0 Å². The maximum Gasteiger partial charge on any atom is 0.418 e. The molecule has 2 aromatic carbocycles. The van der Waals surface area contributed by atoms with E-state index in [1.807, 2.05) is 18.2 Å². The Balaban J connectivity index is 1.46. The monoisotopic (exact) mass is 391 g/mol. The average Bonchev–Trinajstić information content (AvgIpc) is 2.71. The lowest BCUT2D eigenvalue weighted by atomic mass is 10.1. The van der Waals surface area contributed by atoms with Gasteiger partial charge in [-0.2, -0.15) is 13.2 Å². The first-order valence-corrected chi connectivity index (χ1v) is 9.43. The number of nitrogens with zero attached hydrogens (tertiary/aromatic N) is 2. The molecule has 3 rings (SSSR count). The molecule has 1 aliphatic rings. The van der Waals surface area contributed by atoms with Gasteiger partial charge in [0, 0.05) is 38.4 Å². The molecule has 0 bridgehead atoms. The minimum atomic E-state index is -4.39. The zero-order chi connectivity index (χ0) is 20.0. The van der Waals surface area contributed by atoms with E-state index in [0.29, 0.717) is 32.7 Å². The normalized spacial score (nSPS) is 14.8. The highest BCUT2D eigenvalue weighted by Crippen LogP contribution is 2.36. The fourth-order valence-electron chi connectivity index (χ4n) is 3.38.